The van der Waals surface area contributed by atoms with Crippen molar-refractivity contribution < 1.29 is 0 Å². The fourth-order valence-electron chi connectivity index (χ4n) is 7.34. The number of unbranched alkanes of at least 4 members (excludes halogenated alkanes) is 4. The molecule has 3 aliphatic rings. The number of hydrogen-bond acceptors (Lipinski definition) is 0. The second-order valence-electron chi connectivity index (χ2n) is 11.2. The third-order valence-corrected chi connectivity index (χ3v) is 9.36. The first-order chi connectivity index (χ1) is 13.8. The van der Waals surface area contributed by atoms with Crippen LogP contribution in [0.2, 0.25) is 0 Å². The van der Waals surface area contributed by atoms with Gasteiger partial charge in [-0.2, -0.15) is 0 Å². The molecule has 3 aliphatic carbocycles. The molecule has 28 heavy (non-hydrogen) atoms. The molecule has 3 saturated carbocycles. The summed E-state index contributed by atoms with van der Waals surface area (Å²) < 4.78 is 0. The van der Waals surface area contributed by atoms with E-state index in [1.54, 1.807) is 83.5 Å². The van der Waals surface area contributed by atoms with Gasteiger partial charge in [0, 0.05) is 0 Å². The molecule has 0 atom stereocenters. The van der Waals surface area contributed by atoms with Gasteiger partial charge in [-0.3, -0.25) is 0 Å². The average molecular weight is 389 g/mol. The van der Waals surface area contributed by atoms with Crippen LogP contribution in [0.15, 0.2) is 0 Å². The van der Waals surface area contributed by atoms with Crippen molar-refractivity contribution in [1.29, 1.82) is 0 Å². The van der Waals surface area contributed by atoms with Crippen LogP contribution in [0.3, 0.4) is 0 Å². The summed E-state index contributed by atoms with van der Waals surface area (Å²) in [6.07, 6.45) is 30.7. The Balaban J connectivity index is 1.29. The van der Waals surface area contributed by atoms with Crippen molar-refractivity contribution in [3.8, 4) is 0 Å². The van der Waals surface area contributed by atoms with E-state index < -0.39 is 0 Å². The Kier molecular flexibility index (Phi) is 10.2. The van der Waals surface area contributed by atoms with E-state index in [4.69, 9.17) is 0 Å². The fraction of sp³-hybridized carbons (Fsp3) is 1.00. The van der Waals surface area contributed by atoms with Crippen molar-refractivity contribution in [2.75, 3.05) is 0 Å². The summed E-state index contributed by atoms with van der Waals surface area (Å²) in [6, 6.07) is 0. The van der Waals surface area contributed by atoms with E-state index in [0.29, 0.717) is 0 Å². The molecule has 0 saturated heterocycles. The Bertz CT molecular complexity index is 375. The summed E-state index contributed by atoms with van der Waals surface area (Å²) in [7, 11) is 0. The minimum atomic E-state index is 1.09. The van der Waals surface area contributed by atoms with Crippen LogP contribution in [0.1, 0.15) is 142 Å². The van der Waals surface area contributed by atoms with Gasteiger partial charge in [0.1, 0.15) is 0 Å². The fourth-order valence-corrected chi connectivity index (χ4v) is 7.34. The molecule has 0 aromatic rings. The molecule has 0 aromatic carbocycles. The van der Waals surface area contributed by atoms with Crippen LogP contribution in [0, 0.1) is 35.5 Å². The Labute approximate surface area is 178 Å². The summed E-state index contributed by atoms with van der Waals surface area (Å²) in [5.41, 5.74) is 0. The quantitative estimate of drug-likeness (QED) is 0.327. The van der Waals surface area contributed by atoms with Crippen molar-refractivity contribution in [2.24, 2.45) is 35.5 Å². The molecule has 0 nitrogen and oxygen atoms in total. The predicted octanol–water partition coefficient (Wildman–Crippen LogP) is 9.57. The summed E-state index contributed by atoms with van der Waals surface area (Å²) >= 11 is 0. The molecule has 0 heteroatoms. The molecular formula is C28H52. The smallest absolute Gasteiger partial charge is 0.0386 e. The van der Waals surface area contributed by atoms with E-state index in [1.807, 2.05) is 0 Å². The second kappa shape index (κ2) is 12.6. The molecule has 0 N–H and O–H groups in total. The van der Waals surface area contributed by atoms with Crippen molar-refractivity contribution in [3.05, 3.63) is 0 Å². The molecule has 0 aromatic heterocycles. The maximum absolute atomic E-state index is 2.35. The summed E-state index contributed by atoms with van der Waals surface area (Å²) in [5, 5.41) is 0. The van der Waals surface area contributed by atoms with Gasteiger partial charge < -0.3 is 0 Å². The van der Waals surface area contributed by atoms with Crippen LogP contribution in [0.25, 0.3) is 0 Å². The average Bonchev–Trinajstić information content (AvgIpc) is 2.76. The van der Waals surface area contributed by atoms with Crippen LogP contribution in [-0.2, 0) is 0 Å². The van der Waals surface area contributed by atoms with Crippen LogP contribution in [0.4, 0.5) is 0 Å². The molecule has 0 radical (unpaired) electrons. The van der Waals surface area contributed by atoms with Gasteiger partial charge in [0.2, 0.25) is 0 Å². The first-order valence-corrected chi connectivity index (χ1v) is 13.8. The molecular weight excluding hydrogens is 336 g/mol. The molecule has 0 heterocycles. The second-order valence-corrected chi connectivity index (χ2v) is 11.2. The van der Waals surface area contributed by atoms with Crippen LogP contribution in [-0.4, -0.2) is 0 Å². The number of rotatable bonds is 10. The molecule has 3 rings (SSSR count). The minimum absolute atomic E-state index is 1.09. The maximum atomic E-state index is 2.35. The van der Waals surface area contributed by atoms with Gasteiger partial charge in [-0.15, -0.1) is 0 Å². The minimum Gasteiger partial charge on any atom is -0.0654 e. The van der Waals surface area contributed by atoms with E-state index in [9.17, 15) is 0 Å². The van der Waals surface area contributed by atoms with Gasteiger partial charge in [0.05, 0.1) is 0 Å². The van der Waals surface area contributed by atoms with Crippen molar-refractivity contribution >= 4 is 0 Å². The lowest BCUT2D eigenvalue weighted by atomic mass is 9.64. The van der Waals surface area contributed by atoms with E-state index in [0.717, 1.165) is 35.5 Å². The van der Waals surface area contributed by atoms with E-state index in [1.165, 1.54) is 44.9 Å². The van der Waals surface area contributed by atoms with Gasteiger partial charge in [0.15, 0.2) is 0 Å². The van der Waals surface area contributed by atoms with Crippen LogP contribution >= 0.6 is 0 Å². The van der Waals surface area contributed by atoms with Gasteiger partial charge >= 0.3 is 0 Å². The van der Waals surface area contributed by atoms with Gasteiger partial charge in [-0.25, -0.2) is 0 Å². The Hall–Kier alpha value is 0. The predicted molar refractivity (Wildman–Crippen MR) is 125 cm³/mol. The molecule has 3 fully saturated rings. The lowest BCUT2D eigenvalue weighted by Crippen LogP contribution is -2.29. The van der Waals surface area contributed by atoms with Crippen LogP contribution in [0.5, 0.6) is 0 Å². The van der Waals surface area contributed by atoms with E-state index in [-0.39, 0.29) is 0 Å². The molecule has 0 bridgehead atoms. The molecule has 164 valence electrons. The monoisotopic (exact) mass is 388 g/mol. The summed E-state index contributed by atoms with van der Waals surface area (Å²) in [5.74, 6) is 6.61. The van der Waals surface area contributed by atoms with E-state index in [2.05, 4.69) is 13.8 Å². The lowest BCUT2D eigenvalue weighted by molar-refractivity contribution is 0.102. The third kappa shape index (κ3) is 7.05. The standard InChI is InChI=1S/C28H52/c1-3-5-7-8-10-24-13-17-26(18-14-24)28-21-19-27(20-22-28)25-15-11-23(12-16-25)9-6-4-2/h23-28H,3-22H2,1-2H3. The zero-order valence-electron chi connectivity index (χ0n) is 19.6. The zero-order chi connectivity index (χ0) is 19.6. The molecule has 0 amide bonds. The number of hydrogen-bond donors (Lipinski definition) is 0. The van der Waals surface area contributed by atoms with Crippen LogP contribution < -0.4 is 0 Å². The highest BCUT2D eigenvalue weighted by atomic mass is 14.4. The SMILES string of the molecule is CCCCCCC1CCC(C2CCC(C3CCC(CCCC)CC3)CC2)CC1. The lowest BCUT2D eigenvalue weighted by Gasteiger charge is -2.41. The van der Waals surface area contributed by atoms with Gasteiger partial charge in [-0.05, 0) is 86.9 Å². The third-order valence-electron chi connectivity index (χ3n) is 9.36. The largest absolute Gasteiger partial charge is 0.0654 e. The van der Waals surface area contributed by atoms with Crippen molar-refractivity contribution in [1.82, 2.24) is 0 Å². The summed E-state index contributed by atoms with van der Waals surface area (Å²) in [6.45, 7) is 4.68. The zero-order valence-corrected chi connectivity index (χ0v) is 19.6. The Morgan fingerprint density at radius 3 is 1.14 bits per heavy atom. The highest BCUT2D eigenvalue weighted by molar-refractivity contribution is 4.85. The Morgan fingerprint density at radius 2 is 0.750 bits per heavy atom. The Morgan fingerprint density at radius 1 is 0.393 bits per heavy atom. The van der Waals surface area contributed by atoms with Gasteiger partial charge in [-0.1, -0.05) is 90.9 Å². The first kappa shape index (κ1) is 22.7. The topological polar surface area (TPSA) is 0 Å². The molecule has 0 unspecified atom stereocenters. The highest BCUT2D eigenvalue weighted by Gasteiger charge is 2.34. The van der Waals surface area contributed by atoms with Gasteiger partial charge in [0.25, 0.3) is 0 Å². The maximum Gasteiger partial charge on any atom is -0.0386 e. The molecule has 0 aliphatic heterocycles. The molecule has 0 spiro atoms. The highest BCUT2D eigenvalue weighted by Crippen LogP contribution is 2.46. The van der Waals surface area contributed by atoms with Crippen molar-refractivity contribution in [3.63, 3.8) is 0 Å². The van der Waals surface area contributed by atoms with E-state index >= 15 is 0 Å². The van der Waals surface area contributed by atoms with Crippen molar-refractivity contribution in [2.45, 2.75) is 142 Å². The first-order valence-electron chi connectivity index (χ1n) is 13.8. The summed E-state index contributed by atoms with van der Waals surface area (Å²) in [4.78, 5) is 0. The normalized spacial score (nSPS) is 37.1.